The number of oxazole rings is 1. The number of aromatic nitrogens is 3. The monoisotopic (exact) mass is 323 g/mol. The Labute approximate surface area is 141 Å². The van der Waals surface area contributed by atoms with Crippen molar-refractivity contribution in [3.8, 4) is 0 Å². The molecule has 0 radical (unpaired) electrons. The molecule has 1 aliphatic rings. The molecule has 0 unspecified atom stereocenters. The van der Waals surface area contributed by atoms with Crippen LogP contribution in [0.3, 0.4) is 0 Å². The van der Waals surface area contributed by atoms with E-state index < -0.39 is 0 Å². The highest BCUT2D eigenvalue weighted by Gasteiger charge is 2.23. The van der Waals surface area contributed by atoms with Crippen LogP contribution in [0.4, 0.5) is 11.8 Å². The lowest BCUT2D eigenvalue weighted by molar-refractivity contribution is 0.540. The van der Waals surface area contributed by atoms with Crippen molar-refractivity contribution in [2.45, 2.75) is 20.8 Å². The van der Waals surface area contributed by atoms with Crippen molar-refractivity contribution in [1.82, 2.24) is 15.0 Å². The lowest BCUT2D eigenvalue weighted by Crippen LogP contribution is -2.47. The second kappa shape index (κ2) is 5.78. The summed E-state index contributed by atoms with van der Waals surface area (Å²) >= 11 is 0. The molecule has 6 nitrogen and oxygen atoms in total. The van der Waals surface area contributed by atoms with Gasteiger partial charge in [-0.15, -0.1) is 0 Å². The van der Waals surface area contributed by atoms with E-state index in [9.17, 15) is 0 Å². The summed E-state index contributed by atoms with van der Waals surface area (Å²) in [7, 11) is 0. The number of hydrogen-bond acceptors (Lipinski definition) is 6. The van der Waals surface area contributed by atoms with Gasteiger partial charge in [0.1, 0.15) is 11.3 Å². The van der Waals surface area contributed by atoms with Gasteiger partial charge in [-0.25, -0.2) is 4.98 Å². The van der Waals surface area contributed by atoms with E-state index in [0.717, 1.165) is 54.5 Å². The second-order valence-electron chi connectivity index (χ2n) is 6.36. The predicted octanol–water partition coefficient (Wildman–Crippen LogP) is 2.87. The molecule has 0 bridgehead atoms. The van der Waals surface area contributed by atoms with Crippen molar-refractivity contribution in [3.05, 3.63) is 41.3 Å². The minimum absolute atomic E-state index is 0.710. The maximum atomic E-state index is 5.91. The minimum atomic E-state index is 0.710. The highest BCUT2D eigenvalue weighted by molar-refractivity contribution is 5.75. The molecule has 0 saturated carbocycles. The summed E-state index contributed by atoms with van der Waals surface area (Å²) in [6, 6.07) is 6.81. The number of fused-ring (bicyclic) bond motifs is 1. The molecule has 0 amide bonds. The van der Waals surface area contributed by atoms with Crippen LogP contribution < -0.4 is 9.80 Å². The summed E-state index contributed by atoms with van der Waals surface area (Å²) in [4.78, 5) is 18.2. The molecule has 0 N–H and O–H groups in total. The van der Waals surface area contributed by atoms with Crippen molar-refractivity contribution in [2.24, 2.45) is 0 Å². The lowest BCUT2D eigenvalue weighted by atomic mass is 10.2. The predicted molar refractivity (Wildman–Crippen MR) is 94.7 cm³/mol. The molecule has 124 valence electrons. The first-order chi connectivity index (χ1) is 11.6. The smallest absolute Gasteiger partial charge is 0.298 e. The molecule has 24 heavy (non-hydrogen) atoms. The molecule has 3 aromatic rings. The van der Waals surface area contributed by atoms with E-state index in [4.69, 9.17) is 4.42 Å². The Bertz CT molecular complexity index is 880. The summed E-state index contributed by atoms with van der Waals surface area (Å²) in [6.07, 6.45) is 1.81. The van der Waals surface area contributed by atoms with Gasteiger partial charge < -0.3 is 14.2 Å². The Morgan fingerprint density at radius 2 is 1.71 bits per heavy atom. The van der Waals surface area contributed by atoms with Crippen LogP contribution in [-0.4, -0.2) is 41.1 Å². The number of rotatable bonds is 2. The van der Waals surface area contributed by atoms with E-state index in [-0.39, 0.29) is 0 Å². The first kappa shape index (κ1) is 14.9. The van der Waals surface area contributed by atoms with E-state index in [1.165, 1.54) is 5.56 Å². The number of anilines is 2. The number of nitrogens with zero attached hydrogens (tertiary/aromatic N) is 5. The van der Waals surface area contributed by atoms with Crippen LogP contribution in [0.5, 0.6) is 0 Å². The fourth-order valence-electron chi connectivity index (χ4n) is 3.09. The van der Waals surface area contributed by atoms with Crippen molar-refractivity contribution >= 4 is 22.9 Å². The van der Waals surface area contributed by atoms with Gasteiger partial charge in [0.05, 0.1) is 11.4 Å². The standard InChI is InChI=1S/C18H21N5O/c1-12-4-5-16-15(10-12)21-18(24-16)23-8-6-22(7-9-23)17-14(3)19-11-13(2)20-17/h4-5,10-11H,6-9H2,1-3H3. The van der Waals surface area contributed by atoms with Gasteiger partial charge in [-0.3, -0.25) is 4.98 Å². The Morgan fingerprint density at radius 3 is 2.50 bits per heavy atom. The normalized spacial score (nSPS) is 15.3. The molecule has 1 aromatic carbocycles. The van der Waals surface area contributed by atoms with Gasteiger partial charge in [-0.05, 0) is 38.5 Å². The van der Waals surface area contributed by atoms with Gasteiger partial charge >= 0.3 is 0 Å². The third-order valence-corrected chi connectivity index (χ3v) is 4.43. The first-order valence-electron chi connectivity index (χ1n) is 8.27. The third kappa shape index (κ3) is 2.68. The molecule has 1 fully saturated rings. The summed E-state index contributed by atoms with van der Waals surface area (Å²) < 4.78 is 5.91. The van der Waals surface area contributed by atoms with E-state index in [0.29, 0.717) is 6.01 Å². The minimum Gasteiger partial charge on any atom is -0.423 e. The van der Waals surface area contributed by atoms with Crippen molar-refractivity contribution < 1.29 is 4.42 Å². The van der Waals surface area contributed by atoms with Gasteiger partial charge in [0, 0.05) is 32.4 Å². The quantitative estimate of drug-likeness (QED) is 0.723. The summed E-state index contributed by atoms with van der Waals surface area (Å²) in [6.45, 7) is 9.55. The summed E-state index contributed by atoms with van der Waals surface area (Å²) in [5, 5.41) is 0. The molecule has 2 aromatic heterocycles. The van der Waals surface area contributed by atoms with Gasteiger partial charge in [0.15, 0.2) is 5.58 Å². The molecule has 6 heteroatoms. The third-order valence-electron chi connectivity index (χ3n) is 4.43. The van der Waals surface area contributed by atoms with Crippen LogP contribution in [0.15, 0.2) is 28.8 Å². The SMILES string of the molecule is Cc1ccc2oc(N3CCN(c4nc(C)cnc4C)CC3)nc2c1. The second-order valence-corrected chi connectivity index (χ2v) is 6.36. The zero-order chi connectivity index (χ0) is 16.7. The van der Waals surface area contributed by atoms with Crippen LogP contribution in [0.1, 0.15) is 17.0 Å². The molecular formula is C18H21N5O. The van der Waals surface area contributed by atoms with Gasteiger partial charge in [0.25, 0.3) is 6.01 Å². The Morgan fingerprint density at radius 1 is 0.958 bits per heavy atom. The number of benzene rings is 1. The van der Waals surface area contributed by atoms with Gasteiger partial charge in [0.2, 0.25) is 0 Å². The average molecular weight is 323 g/mol. The topological polar surface area (TPSA) is 58.3 Å². The van der Waals surface area contributed by atoms with Gasteiger partial charge in [-0.2, -0.15) is 4.98 Å². The van der Waals surface area contributed by atoms with Crippen LogP contribution >= 0.6 is 0 Å². The van der Waals surface area contributed by atoms with Crippen LogP contribution in [0.25, 0.3) is 11.1 Å². The van der Waals surface area contributed by atoms with Crippen molar-refractivity contribution in [1.29, 1.82) is 0 Å². The van der Waals surface area contributed by atoms with Crippen molar-refractivity contribution in [2.75, 3.05) is 36.0 Å². The van der Waals surface area contributed by atoms with E-state index in [2.05, 4.69) is 43.8 Å². The molecule has 4 rings (SSSR count). The highest BCUT2D eigenvalue weighted by Crippen LogP contribution is 2.25. The molecular weight excluding hydrogens is 302 g/mol. The van der Waals surface area contributed by atoms with E-state index in [1.807, 2.05) is 26.1 Å². The molecule has 0 atom stereocenters. The Kier molecular flexibility index (Phi) is 3.59. The van der Waals surface area contributed by atoms with Crippen LogP contribution in [0.2, 0.25) is 0 Å². The highest BCUT2D eigenvalue weighted by atomic mass is 16.4. The van der Waals surface area contributed by atoms with Gasteiger partial charge in [-0.1, -0.05) is 6.07 Å². The van der Waals surface area contributed by atoms with Crippen molar-refractivity contribution in [3.63, 3.8) is 0 Å². The molecule has 1 aliphatic heterocycles. The maximum Gasteiger partial charge on any atom is 0.298 e. The molecule has 3 heterocycles. The fourth-order valence-corrected chi connectivity index (χ4v) is 3.09. The lowest BCUT2D eigenvalue weighted by Gasteiger charge is -2.35. The number of hydrogen-bond donors (Lipinski definition) is 0. The average Bonchev–Trinajstić information content (AvgIpc) is 3.00. The Hall–Kier alpha value is -2.63. The molecule has 1 saturated heterocycles. The Balaban J connectivity index is 1.51. The zero-order valence-corrected chi connectivity index (χ0v) is 14.3. The maximum absolute atomic E-state index is 5.91. The first-order valence-corrected chi connectivity index (χ1v) is 8.27. The largest absolute Gasteiger partial charge is 0.423 e. The number of aryl methyl sites for hydroxylation is 3. The zero-order valence-electron chi connectivity index (χ0n) is 14.3. The van der Waals surface area contributed by atoms with E-state index in [1.54, 1.807) is 0 Å². The van der Waals surface area contributed by atoms with Crippen LogP contribution in [-0.2, 0) is 0 Å². The molecule has 0 spiro atoms. The summed E-state index contributed by atoms with van der Waals surface area (Å²) in [5.74, 6) is 0.989. The summed E-state index contributed by atoms with van der Waals surface area (Å²) in [5.41, 5.74) is 4.89. The van der Waals surface area contributed by atoms with Crippen LogP contribution in [0, 0.1) is 20.8 Å². The van der Waals surface area contributed by atoms with E-state index >= 15 is 0 Å². The fraction of sp³-hybridized carbons (Fsp3) is 0.389. The molecule has 0 aliphatic carbocycles. The number of piperazine rings is 1.